The van der Waals surface area contributed by atoms with E-state index in [2.05, 4.69) is 44.0 Å². The number of fused-ring (bicyclic) bond motifs is 1. The van der Waals surface area contributed by atoms with Crippen LogP contribution >= 0.6 is 31.9 Å². The van der Waals surface area contributed by atoms with Crippen LogP contribution in [0, 0.1) is 17.8 Å². The third kappa shape index (κ3) is 1.98. The van der Waals surface area contributed by atoms with Crippen LogP contribution in [0.25, 0.3) is 0 Å². The Labute approximate surface area is 113 Å². The van der Waals surface area contributed by atoms with Crippen LogP contribution in [-0.2, 0) is 0 Å². The lowest BCUT2D eigenvalue weighted by molar-refractivity contribution is 0.403. The van der Waals surface area contributed by atoms with Gasteiger partial charge in [0, 0.05) is 15.0 Å². The van der Waals surface area contributed by atoms with Gasteiger partial charge in [-0.05, 0) is 60.8 Å². The van der Waals surface area contributed by atoms with Crippen molar-refractivity contribution in [3.8, 4) is 0 Å². The molecule has 1 aromatic rings. The molecule has 2 saturated carbocycles. The lowest BCUT2D eigenvalue weighted by atomic mass is 9.90. The summed E-state index contributed by atoms with van der Waals surface area (Å²) in [5.74, 6) is 2.69. The van der Waals surface area contributed by atoms with Gasteiger partial charge in [-0.15, -0.1) is 0 Å². The smallest absolute Gasteiger partial charge is 0.0335 e. The van der Waals surface area contributed by atoms with Gasteiger partial charge in [0.2, 0.25) is 0 Å². The fourth-order valence-electron chi connectivity index (χ4n) is 3.08. The van der Waals surface area contributed by atoms with E-state index in [9.17, 15) is 0 Å². The van der Waals surface area contributed by atoms with E-state index < -0.39 is 0 Å². The van der Waals surface area contributed by atoms with Gasteiger partial charge in [-0.2, -0.15) is 0 Å². The molecule has 1 aromatic carbocycles. The maximum Gasteiger partial charge on any atom is 0.0335 e. The molecule has 0 aliphatic heterocycles. The van der Waals surface area contributed by atoms with Gasteiger partial charge in [0.25, 0.3) is 0 Å². The first-order chi connectivity index (χ1) is 7.65. The van der Waals surface area contributed by atoms with Crippen LogP contribution in [0.15, 0.2) is 27.1 Å². The minimum absolute atomic E-state index is 0.194. The van der Waals surface area contributed by atoms with E-state index in [1.807, 2.05) is 6.07 Å². The molecule has 2 fully saturated rings. The average molecular weight is 345 g/mol. The van der Waals surface area contributed by atoms with Crippen molar-refractivity contribution in [2.75, 3.05) is 0 Å². The lowest BCUT2D eigenvalue weighted by Crippen LogP contribution is -2.20. The summed E-state index contributed by atoms with van der Waals surface area (Å²) in [5.41, 5.74) is 7.65. The fraction of sp³-hybridized carbons (Fsp3) is 0.538. The zero-order valence-corrected chi connectivity index (χ0v) is 12.2. The molecular weight excluding hydrogens is 330 g/mol. The maximum absolute atomic E-state index is 6.40. The Balaban J connectivity index is 1.82. The molecule has 0 bridgehead atoms. The monoisotopic (exact) mass is 343 g/mol. The summed E-state index contributed by atoms with van der Waals surface area (Å²) in [7, 11) is 0. The molecule has 0 spiro atoms. The molecule has 0 saturated heterocycles. The van der Waals surface area contributed by atoms with E-state index in [-0.39, 0.29) is 6.04 Å². The normalized spacial score (nSPS) is 33.6. The van der Waals surface area contributed by atoms with Crippen molar-refractivity contribution < 1.29 is 0 Å². The maximum atomic E-state index is 6.40. The van der Waals surface area contributed by atoms with Gasteiger partial charge in [0.1, 0.15) is 0 Å². The number of halogens is 2. The highest BCUT2D eigenvalue weighted by atomic mass is 79.9. The first kappa shape index (κ1) is 11.2. The van der Waals surface area contributed by atoms with E-state index in [1.54, 1.807) is 0 Å². The number of nitrogens with two attached hydrogens (primary N) is 1. The van der Waals surface area contributed by atoms with Gasteiger partial charge < -0.3 is 5.73 Å². The van der Waals surface area contributed by atoms with E-state index in [4.69, 9.17) is 5.73 Å². The third-order valence-electron chi connectivity index (χ3n) is 4.11. The van der Waals surface area contributed by atoms with Gasteiger partial charge >= 0.3 is 0 Å². The van der Waals surface area contributed by atoms with Crippen LogP contribution < -0.4 is 5.73 Å². The predicted molar refractivity (Wildman–Crippen MR) is 73.1 cm³/mol. The largest absolute Gasteiger partial charge is 0.324 e. The molecule has 3 atom stereocenters. The molecule has 0 amide bonds. The molecule has 86 valence electrons. The Morgan fingerprint density at radius 1 is 1.12 bits per heavy atom. The van der Waals surface area contributed by atoms with E-state index >= 15 is 0 Å². The van der Waals surface area contributed by atoms with Crippen LogP contribution in [0.5, 0.6) is 0 Å². The molecule has 2 aliphatic rings. The molecule has 0 heterocycles. The van der Waals surface area contributed by atoms with Gasteiger partial charge in [-0.1, -0.05) is 31.9 Å². The van der Waals surface area contributed by atoms with Crippen molar-refractivity contribution in [2.24, 2.45) is 23.5 Å². The average Bonchev–Trinajstić information content (AvgIpc) is 2.88. The zero-order chi connectivity index (χ0) is 11.3. The Morgan fingerprint density at radius 2 is 1.81 bits per heavy atom. The standard InChI is InChI=1S/C13H15Br2N/c14-10-1-2-12(15)11(6-10)13(16)9-4-7-3-8(7)5-9/h1-2,6-9,13H,3-5,16H2. The second-order valence-corrected chi connectivity index (χ2v) is 6.95. The molecule has 3 rings (SSSR count). The highest BCUT2D eigenvalue weighted by Crippen LogP contribution is 2.57. The SMILES string of the molecule is NC(c1cc(Br)ccc1Br)C1CC2CC2C1. The van der Waals surface area contributed by atoms with Crippen molar-refractivity contribution in [1.29, 1.82) is 0 Å². The summed E-state index contributed by atoms with van der Waals surface area (Å²) in [5, 5.41) is 0. The van der Waals surface area contributed by atoms with Crippen LogP contribution in [-0.4, -0.2) is 0 Å². The molecule has 2 N–H and O–H groups in total. The topological polar surface area (TPSA) is 26.0 Å². The molecule has 0 aromatic heterocycles. The number of hydrogen-bond donors (Lipinski definition) is 1. The Kier molecular flexibility index (Phi) is 2.89. The quantitative estimate of drug-likeness (QED) is 0.852. The van der Waals surface area contributed by atoms with E-state index in [0.29, 0.717) is 5.92 Å². The summed E-state index contributed by atoms with van der Waals surface area (Å²) in [6.45, 7) is 0. The molecule has 3 unspecified atom stereocenters. The van der Waals surface area contributed by atoms with Crippen LogP contribution in [0.3, 0.4) is 0 Å². The summed E-state index contributed by atoms with van der Waals surface area (Å²) in [6, 6.07) is 6.47. The molecule has 1 nitrogen and oxygen atoms in total. The van der Waals surface area contributed by atoms with E-state index in [0.717, 1.165) is 20.8 Å². The van der Waals surface area contributed by atoms with Crippen molar-refractivity contribution in [3.05, 3.63) is 32.7 Å². The highest BCUT2D eigenvalue weighted by Gasteiger charge is 2.47. The lowest BCUT2D eigenvalue weighted by Gasteiger charge is -2.22. The van der Waals surface area contributed by atoms with Gasteiger partial charge in [-0.25, -0.2) is 0 Å². The van der Waals surface area contributed by atoms with Gasteiger partial charge in [0.15, 0.2) is 0 Å². The second-order valence-electron chi connectivity index (χ2n) is 5.18. The van der Waals surface area contributed by atoms with Crippen LogP contribution in [0.4, 0.5) is 0 Å². The Bertz CT molecular complexity index is 408. The molecule has 2 aliphatic carbocycles. The van der Waals surface area contributed by atoms with Gasteiger partial charge in [0.05, 0.1) is 0 Å². The molecule has 16 heavy (non-hydrogen) atoms. The first-order valence-electron chi connectivity index (χ1n) is 5.85. The Morgan fingerprint density at radius 3 is 2.50 bits per heavy atom. The minimum Gasteiger partial charge on any atom is -0.324 e. The Hall–Kier alpha value is 0.140. The summed E-state index contributed by atoms with van der Waals surface area (Å²) in [6.07, 6.45) is 4.14. The first-order valence-corrected chi connectivity index (χ1v) is 7.44. The van der Waals surface area contributed by atoms with Crippen LogP contribution in [0.2, 0.25) is 0 Å². The summed E-state index contributed by atoms with van der Waals surface area (Å²) >= 11 is 7.12. The second kappa shape index (κ2) is 4.11. The van der Waals surface area contributed by atoms with E-state index in [1.165, 1.54) is 24.8 Å². The van der Waals surface area contributed by atoms with Crippen molar-refractivity contribution in [2.45, 2.75) is 25.3 Å². The van der Waals surface area contributed by atoms with Crippen molar-refractivity contribution in [3.63, 3.8) is 0 Å². The number of rotatable bonds is 2. The van der Waals surface area contributed by atoms with Gasteiger partial charge in [-0.3, -0.25) is 0 Å². The molecular formula is C13H15Br2N. The van der Waals surface area contributed by atoms with Crippen molar-refractivity contribution in [1.82, 2.24) is 0 Å². The summed E-state index contributed by atoms with van der Waals surface area (Å²) < 4.78 is 2.26. The molecule has 3 heteroatoms. The predicted octanol–water partition coefficient (Wildman–Crippen LogP) is 4.26. The minimum atomic E-state index is 0.194. The van der Waals surface area contributed by atoms with Crippen molar-refractivity contribution >= 4 is 31.9 Å². The zero-order valence-electron chi connectivity index (χ0n) is 9.00. The third-order valence-corrected chi connectivity index (χ3v) is 5.32. The summed E-state index contributed by atoms with van der Waals surface area (Å²) in [4.78, 5) is 0. The number of hydrogen-bond acceptors (Lipinski definition) is 1. The van der Waals surface area contributed by atoms with Crippen LogP contribution in [0.1, 0.15) is 30.9 Å². The fourth-order valence-corrected chi connectivity index (χ4v) is 3.97. The number of benzene rings is 1. The molecule has 0 radical (unpaired) electrons. The highest BCUT2D eigenvalue weighted by molar-refractivity contribution is 9.11.